The summed E-state index contributed by atoms with van der Waals surface area (Å²) in [4.78, 5) is 28.9. The lowest BCUT2D eigenvalue weighted by atomic mass is 10.3. The van der Waals surface area contributed by atoms with E-state index in [1.165, 1.54) is 11.3 Å². The summed E-state index contributed by atoms with van der Waals surface area (Å²) in [5, 5.41) is 3.56. The Hall–Kier alpha value is -2.38. The summed E-state index contributed by atoms with van der Waals surface area (Å²) < 4.78 is 0. The van der Waals surface area contributed by atoms with Gasteiger partial charge in [-0.15, -0.1) is 11.3 Å². The first kappa shape index (κ1) is 14.6. The number of hydrogen-bond acceptors (Lipinski definition) is 6. The Bertz CT molecular complexity index is 778. The van der Waals surface area contributed by atoms with Gasteiger partial charge >= 0.3 is 0 Å². The molecule has 0 saturated heterocycles. The largest absolute Gasteiger partial charge is 0.344 e. The minimum absolute atomic E-state index is 0.176. The molecule has 3 aromatic heterocycles. The number of carbonyl (C=O) groups excluding carboxylic acids is 1. The van der Waals surface area contributed by atoms with Crippen LogP contribution in [0.25, 0.3) is 10.6 Å². The second-order valence-electron chi connectivity index (χ2n) is 4.23. The number of aromatic nitrogens is 4. The van der Waals surface area contributed by atoms with Crippen LogP contribution in [0.4, 0.5) is 0 Å². The molecule has 6 nitrogen and oxygen atoms in total. The van der Waals surface area contributed by atoms with Crippen molar-refractivity contribution >= 4 is 28.8 Å². The van der Waals surface area contributed by atoms with Crippen LogP contribution < -0.4 is 5.32 Å². The van der Waals surface area contributed by atoms with Gasteiger partial charge in [0.25, 0.3) is 5.91 Å². The van der Waals surface area contributed by atoms with E-state index in [-0.39, 0.29) is 17.6 Å². The fourth-order valence-electron chi connectivity index (χ4n) is 1.72. The molecule has 0 saturated carbocycles. The molecule has 1 N–H and O–H groups in total. The number of halogens is 1. The number of nitrogens with zero attached hydrogens (tertiary/aromatic N) is 4. The highest BCUT2D eigenvalue weighted by molar-refractivity contribution is 7.17. The lowest BCUT2D eigenvalue weighted by molar-refractivity contribution is 0.0954. The van der Waals surface area contributed by atoms with Crippen LogP contribution in [-0.4, -0.2) is 25.8 Å². The lowest BCUT2D eigenvalue weighted by Gasteiger charge is -2.01. The minimum Gasteiger partial charge on any atom is -0.344 e. The van der Waals surface area contributed by atoms with Crippen LogP contribution in [-0.2, 0) is 6.54 Å². The Kier molecular flexibility index (Phi) is 4.36. The molecule has 3 heterocycles. The Morgan fingerprint density at radius 1 is 1.23 bits per heavy atom. The molecule has 0 fully saturated rings. The van der Waals surface area contributed by atoms with E-state index in [1.54, 1.807) is 36.9 Å². The zero-order valence-electron chi connectivity index (χ0n) is 11.2. The molecule has 1 amide bonds. The number of hydrogen-bond donors (Lipinski definition) is 1. The smallest absolute Gasteiger partial charge is 0.264 e. The molecular formula is C14H10ClN5OS. The fourth-order valence-corrected chi connectivity index (χ4v) is 2.91. The SMILES string of the molecule is O=C(NCc1ncccn1)c1sc(-c2cccnc2)nc1Cl. The van der Waals surface area contributed by atoms with Crippen molar-refractivity contribution in [1.82, 2.24) is 25.3 Å². The van der Waals surface area contributed by atoms with E-state index in [0.29, 0.717) is 15.7 Å². The second kappa shape index (κ2) is 6.59. The van der Waals surface area contributed by atoms with E-state index in [4.69, 9.17) is 11.6 Å². The van der Waals surface area contributed by atoms with Gasteiger partial charge < -0.3 is 5.32 Å². The molecule has 0 aliphatic rings. The van der Waals surface area contributed by atoms with Crippen molar-refractivity contribution in [2.24, 2.45) is 0 Å². The first-order valence-electron chi connectivity index (χ1n) is 6.35. The van der Waals surface area contributed by atoms with Crippen molar-refractivity contribution < 1.29 is 4.79 Å². The van der Waals surface area contributed by atoms with E-state index in [9.17, 15) is 4.79 Å². The van der Waals surface area contributed by atoms with Crippen molar-refractivity contribution in [3.05, 3.63) is 58.8 Å². The molecule has 8 heteroatoms. The lowest BCUT2D eigenvalue weighted by Crippen LogP contribution is -2.23. The molecule has 3 rings (SSSR count). The fraction of sp³-hybridized carbons (Fsp3) is 0.0714. The van der Waals surface area contributed by atoms with Gasteiger partial charge in [0.1, 0.15) is 15.7 Å². The summed E-state index contributed by atoms with van der Waals surface area (Å²) in [7, 11) is 0. The van der Waals surface area contributed by atoms with Gasteiger partial charge in [-0.25, -0.2) is 15.0 Å². The average molecular weight is 332 g/mol. The molecule has 0 aliphatic carbocycles. The van der Waals surface area contributed by atoms with Crippen molar-refractivity contribution in [2.75, 3.05) is 0 Å². The number of carbonyl (C=O) groups is 1. The van der Waals surface area contributed by atoms with Crippen molar-refractivity contribution in [3.63, 3.8) is 0 Å². The number of nitrogens with one attached hydrogen (secondary N) is 1. The summed E-state index contributed by atoms with van der Waals surface area (Å²) in [6, 6.07) is 5.38. The highest BCUT2D eigenvalue weighted by Gasteiger charge is 2.17. The van der Waals surface area contributed by atoms with Crippen LogP contribution in [0.3, 0.4) is 0 Å². The van der Waals surface area contributed by atoms with Crippen molar-refractivity contribution in [3.8, 4) is 10.6 Å². The topological polar surface area (TPSA) is 80.7 Å². The number of amides is 1. The highest BCUT2D eigenvalue weighted by Crippen LogP contribution is 2.30. The standard InChI is InChI=1S/C14H10ClN5OS/c15-12-11(13(21)19-8-10-17-5-2-6-18-10)22-14(20-12)9-3-1-4-16-7-9/h1-7H,8H2,(H,19,21). The first-order valence-corrected chi connectivity index (χ1v) is 7.54. The Morgan fingerprint density at radius 3 is 2.77 bits per heavy atom. The van der Waals surface area contributed by atoms with Crippen LogP contribution in [0.5, 0.6) is 0 Å². The van der Waals surface area contributed by atoms with Crippen LogP contribution >= 0.6 is 22.9 Å². The zero-order chi connectivity index (χ0) is 15.4. The third kappa shape index (κ3) is 3.26. The summed E-state index contributed by atoms with van der Waals surface area (Å²) >= 11 is 7.28. The van der Waals surface area contributed by atoms with Gasteiger partial charge in [0.2, 0.25) is 0 Å². The molecule has 22 heavy (non-hydrogen) atoms. The molecule has 3 aromatic rings. The maximum Gasteiger partial charge on any atom is 0.264 e. The van der Waals surface area contributed by atoms with E-state index < -0.39 is 0 Å². The minimum atomic E-state index is -0.301. The van der Waals surface area contributed by atoms with Crippen molar-refractivity contribution in [1.29, 1.82) is 0 Å². The molecule has 0 spiro atoms. The second-order valence-corrected chi connectivity index (χ2v) is 5.59. The predicted octanol–water partition coefficient (Wildman–Crippen LogP) is 2.58. The summed E-state index contributed by atoms with van der Waals surface area (Å²) in [6.07, 6.45) is 6.59. The molecule has 110 valence electrons. The average Bonchev–Trinajstić information content (AvgIpc) is 2.96. The van der Waals surface area contributed by atoms with Gasteiger partial charge in [-0.05, 0) is 18.2 Å². The van der Waals surface area contributed by atoms with Crippen molar-refractivity contribution in [2.45, 2.75) is 6.54 Å². The molecule has 0 radical (unpaired) electrons. The molecule has 0 aromatic carbocycles. The third-order valence-corrected chi connectivity index (χ3v) is 4.22. The summed E-state index contributed by atoms with van der Waals surface area (Å²) in [5.74, 6) is 0.231. The van der Waals surface area contributed by atoms with E-state index in [1.807, 2.05) is 6.07 Å². The van der Waals surface area contributed by atoms with Crippen LogP contribution in [0, 0.1) is 0 Å². The maximum absolute atomic E-state index is 12.2. The van der Waals surface area contributed by atoms with Gasteiger partial charge in [0.15, 0.2) is 5.15 Å². The van der Waals surface area contributed by atoms with E-state index in [2.05, 4.69) is 25.3 Å². The quantitative estimate of drug-likeness (QED) is 0.794. The van der Waals surface area contributed by atoms with Gasteiger partial charge in [-0.2, -0.15) is 0 Å². The Labute approximate surface area is 135 Å². The van der Waals surface area contributed by atoms with Gasteiger partial charge in [-0.1, -0.05) is 11.6 Å². The third-order valence-electron chi connectivity index (χ3n) is 2.73. The molecule has 0 aliphatic heterocycles. The number of thiazole rings is 1. The zero-order valence-corrected chi connectivity index (χ0v) is 12.8. The molecule has 0 unspecified atom stereocenters. The van der Waals surface area contributed by atoms with Crippen LogP contribution in [0.1, 0.15) is 15.5 Å². The Morgan fingerprint density at radius 2 is 2.05 bits per heavy atom. The summed E-state index contributed by atoms with van der Waals surface area (Å²) in [5.41, 5.74) is 0.819. The molecular weight excluding hydrogens is 322 g/mol. The monoisotopic (exact) mass is 331 g/mol. The van der Waals surface area contributed by atoms with Gasteiger partial charge in [-0.3, -0.25) is 9.78 Å². The van der Waals surface area contributed by atoms with Gasteiger partial charge in [0.05, 0.1) is 6.54 Å². The number of pyridine rings is 1. The first-order chi connectivity index (χ1) is 10.7. The Balaban J connectivity index is 1.74. The van der Waals surface area contributed by atoms with Gasteiger partial charge in [0, 0.05) is 30.4 Å². The van der Waals surface area contributed by atoms with E-state index >= 15 is 0 Å². The van der Waals surface area contributed by atoms with Crippen LogP contribution in [0.15, 0.2) is 43.0 Å². The molecule has 0 atom stereocenters. The maximum atomic E-state index is 12.2. The predicted molar refractivity (Wildman–Crippen MR) is 83.6 cm³/mol. The number of rotatable bonds is 4. The summed E-state index contributed by atoms with van der Waals surface area (Å²) in [6.45, 7) is 0.232. The van der Waals surface area contributed by atoms with Crippen LogP contribution in [0.2, 0.25) is 5.15 Å². The highest BCUT2D eigenvalue weighted by atomic mass is 35.5. The molecule has 0 bridgehead atoms. The normalized spacial score (nSPS) is 10.4. The van der Waals surface area contributed by atoms with E-state index in [0.717, 1.165) is 5.56 Å².